The van der Waals surface area contributed by atoms with Gasteiger partial charge >= 0.3 is 0 Å². The second-order valence-corrected chi connectivity index (χ2v) is 5.48. The van der Waals surface area contributed by atoms with Crippen molar-refractivity contribution in [3.8, 4) is 0 Å². The number of nitrogens with zero attached hydrogens (tertiary/aromatic N) is 2. The van der Waals surface area contributed by atoms with Gasteiger partial charge < -0.3 is 5.11 Å². The van der Waals surface area contributed by atoms with E-state index < -0.39 is 0 Å². The van der Waals surface area contributed by atoms with Crippen molar-refractivity contribution in [1.29, 1.82) is 0 Å². The zero-order chi connectivity index (χ0) is 11.8. The van der Waals surface area contributed by atoms with Crippen molar-refractivity contribution < 1.29 is 5.11 Å². The van der Waals surface area contributed by atoms with Crippen LogP contribution in [0.15, 0.2) is 6.20 Å². The van der Waals surface area contributed by atoms with E-state index in [4.69, 9.17) is 16.7 Å². The van der Waals surface area contributed by atoms with Crippen molar-refractivity contribution in [2.75, 3.05) is 19.7 Å². The molecule has 0 aliphatic carbocycles. The molecule has 1 aromatic rings. The van der Waals surface area contributed by atoms with E-state index in [1.807, 2.05) is 6.20 Å². The fourth-order valence-corrected chi connectivity index (χ4v) is 2.59. The smallest absolute Gasteiger partial charge is 0.183 e. The monoisotopic (exact) mass is 262 g/mol. The molecule has 0 unspecified atom stereocenters. The summed E-state index contributed by atoms with van der Waals surface area (Å²) in [5, 5.41) is 9.00. The van der Waals surface area contributed by atoms with Crippen LogP contribution in [-0.4, -0.2) is 34.7 Å². The quantitative estimate of drug-likeness (QED) is 0.732. The predicted octanol–water partition coefficient (Wildman–Crippen LogP) is 2.78. The molecular weight excluding hydrogens is 244 g/mol. The normalized spacial score (nSPS) is 11.2. The summed E-state index contributed by atoms with van der Waals surface area (Å²) in [6, 6.07) is 0. The summed E-state index contributed by atoms with van der Waals surface area (Å²) in [5.74, 6) is 0. The lowest BCUT2D eigenvalue weighted by Crippen LogP contribution is -2.27. The maximum atomic E-state index is 9.00. The summed E-state index contributed by atoms with van der Waals surface area (Å²) in [4.78, 5) is 7.43. The Morgan fingerprint density at radius 1 is 1.44 bits per heavy atom. The fourth-order valence-electron chi connectivity index (χ4n) is 1.57. The van der Waals surface area contributed by atoms with E-state index in [2.05, 4.69) is 16.8 Å². The molecule has 0 bridgehead atoms. The van der Waals surface area contributed by atoms with Crippen LogP contribution < -0.4 is 0 Å². The van der Waals surface area contributed by atoms with Gasteiger partial charge in [0.15, 0.2) is 4.47 Å². The first kappa shape index (κ1) is 13.9. The van der Waals surface area contributed by atoms with E-state index in [0.717, 1.165) is 24.5 Å². The first-order chi connectivity index (χ1) is 7.76. The number of hydrogen-bond acceptors (Lipinski definition) is 4. The molecule has 0 saturated heterocycles. The average Bonchev–Trinajstić information content (AvgIpc) is 2.65. The highest BCUT2D eigenvalue weighted by Gasteiger charge is 2.07. The molecule has 1 aromatic heterocycles. The number of unbranched alkanes of at least 4 members (excludes halogenated alkanes) is 2. The van der Waals surface area contributed by atoms with Crippen LogP contribution in [0.1, 0.15) is 31.1 Å². The van der Waals surface area contributed by atoms with Crippen molar-refractivity contribution in [2.45, 2.75) is 32.7 Å². The van der Waals surface area contributed by atoms with Crippen LogP contribution in [0, 0.1) is 0 Å². The maximum Gasteiger partial charge on any atom is 0.183 e. The highest BCUT2D eigenvalue weighted by Crippen LogP contribution is 2.19. The zero-order valence-corrected chi connectivity index (χ0v) is 11.2. The maximum absolute atomic E-state index is 9.00. The minimum atomic E-state index is 0.207. The minimum Gasteiger partial charge on any atom is -0.395 e. The van der Waals surface area contributed by atoms with Crippen LogP contribution >= 0.6 is 22.9 Å². The molecule has 1 heterocycles. The standard InChI is InChI=1S/C11H19ClN2OS/c1-2-3-4-5-14(6-7-15)9-10-8-13-11(12)16-10/h8,15H,2-7,9H2,1H3. The van der Waals surface area contributed by atoms with Gasteiger partial charge in [-0.3, -0.25) is 4.90 Å². The summed E-state index contributed by atoms with van der Waals surface area (Å²) in [7, 11) is 0. The Hall–Kier alpha value is -0.160. The Bertz CT molecular complexity index is 293. The van der Waals surface area contributed by atoms with Gasteiger partial charge in [-0.2, -0.15) is 0 Å². The van der Waals surface area contributed by atoms with Crippen LogP contribution in [0.3, 0.4) is 0 Å². The Kier molecular flexibility index (Phi) is 6.96. The van der Waals surface area contributed by atoms with E-state index in [1.165, 1.54) is 30.6 Å². The molecule has 92 valence electrons. The van der Waals surface area contributed by atoms with E-state index in [9.17, 15) is 0 Å². The van der Waals surface area contributed by atoms with Gasteiger partial charge in [-0.25, -0.2) is 4.98 Å². The molecule has 0 aromatic carbocycles. The zero-order valence-electron chi connectivity index (χ0n) is 9.65. The molecule has 5 heteroatoms. The number of halogens is 1. The number of rotatable bonds is 8. The van der Waals surface area contributed by atoms with Crippen LogP contribution in [0.2, 0.25) is 4.47 Å². The van der Waals surface area contributed by atoms with Gasteiger partial charge in [0.25, 0.3) is 0 Å². The molecule has 1 rings (SSSR count). The predicted molar refractivity (Wildman–Crippen MR) is 69.0 cm³/mol. The second-order valence-electron chi connectivity index (χ2n) is 3.79. The number of thiazole rings is 1. The van der Waals surface area contributed by atoms with Crippen LogP contribution in [0.5, 0.6) is 0 Å². The van der Waals surface area contributed by atoms with Crippen LogP contribution in [0.25, 0.3) is 0 Å². The Morgan fingerprint density at radius 2 is 2.25 bits per heavy atom. The topological polar surface area (TPSA) is 36.4 Å². The van der Waals surface area contributed by atoms with Crippen molar-refractivity contribution in [3.05, 3.63) is 15.5 Å². The highest BCUT2D eigenvalue weighted by atomic mass is 35.5. The lowest BCUT2D eigenvalue weighted by molar-refractivity contribution is 0.188. The summed E-state index contributed by atoms with van der Waals surface area (Å²) >= 11 is 7.30. The molecule has 0 saturated carbocycles. The molecule has 1 N–H and O–H groups in total. The number of hydrogen-bond donors (Lipinski definition) is 1. The second kappa shape index (κ2) is 8.01. The molecule has 0 aliphatic rings. The molecule has 0 atom stereocenters. The SMILES string of the molecule is CCCCCN(CCO)Cc1cnc(Cl)s1. The summed E-state index contributed by atoms with van der Waals surface area (Å²) in [6.07, 6.45) is 5.46. The van der Waals surface area contributed by atoms with Crippen molar-refractivity contribution in [3.63, 3.8) is 0 Å². The molecule has 0 amide bonds. The van der Waals surface area contributed by atoms with Crippen molar-refractivity contribution in [2.24, 2.45) is 0 Å². The Labute approximate surface area is 106 Å². The van der Waals surface area contributed by atoms with Gasteiger partial charge in [0.1, 0.15) is 0 Å². The third-order valence-electron chi connectivity index (χ3n) is 2.40. The van der Waals surface area contributed by atoms with Gasteiger partial charge in [-0.1, -0.05) is 31.4 Å². The van der Waals surface area contributed by atoms with Crippen LogP contribution in [0.4, 0.5) is 0 Å². The number of aliphatic hydroxyl groups is 1. The van der Waals surface area contributed by atoms with Gasteiger partial charge in [0.2, 0.25) is 0 Å². The molecule has 3 nitrogen and oxygen atoms in total. The summed E-state index contributed by atoms with van der Waals surface area (Å²) < 4.78 is 0.590. The highest BCUT2D eigenvalue weighted by molar-refractivity contribution is 7.15. The van der Waals surface area contributed by atoms with Gasteiger partial charge in [0.05, 0.1) is 6.61 Å². The molecule has 0 spiro atoms. The third kappa shape index (κ3) is 5.25. The lowest BCUT2D eigenvalue weighted by atomic mass is 10.2. The molecule has 16 heavy (non-hydrogen) atoms. The number of aromatic nitrogens is 1. The van der Waals surface area contributed by atoms with E-state index in [-0.39, 0.29) is 6.61 Å². The lowest BCUT2D eigenvalue weighted by Gasteiger charge is -2.19. The first-order valence-electron chi connectivity index (χ1n) is 5.69. The van der Waals surface area contributed by atoms with Gasteiger partial charge in [0, 0.05) is 24.2 Å². The van der Waals surface area contributed by atoms with Crippen molar-refractivity contribution in [1.82, 2.24) is 9.88 Å². The van der Waals surface area contributed by atoms with E-state index >= 15 is 0 Å². The summed E-state index contributed by atoms with van der Waals surface area (Å²) in [5.41, 5.74) is 0. The Balaban J connectivity index is 2.37. The number of aliphatic hydroxyl groups excluding tert-OH is 1. The van der Waals surface area contributed by atoms with Crippen molar-refractivity contribution >= 4 is 22.9 Å². The largest absolute Gasteiger partial charge is 0.395 e. The molecule has 0 aliphatic heterocycles. The first-order valence-corrected chi connectivity index (χ1v) is 6.89. The van der Waals surface area contributed by atoms with Gasteiger partial charge in [-0.05, 0) is 13.0 Å². The molecule has 0 fully saturated rings. The third-order valence-corrected chi connectivity index (χ3v) is 3.50. The van der Waals surface area contributed by atoms with E-state index in [1.54, 1.807) is 0 Å². The molecular formula is C11H19ClN2OS. The average molecular weight is 263 g/mol. The van der Waals surface area contributed by atoms with Crippen LogP contribution in [-0.2, 0) is 6.54 Å². The molecule has 0 radical (unpaired) electrons. The summed E-state index contributed by atoms with van der Waals surface area (Å²) in [6.45, 7) is 5.00. The minimum absolute atomic E-state index is 0.207. The Morgan fingerprint density at radius 3 is 2.81 bits per heavy atom. The van der Waals surface area contributed by atoms with E-state index in [0.29, 0.717) is 4.47 Å². The van der Waals surface area contributed by atoms with Gasteiger partial charge in [-0.15, -0.1) is 11.3 Å². The fraction of sp³-hybridized carbons (Fsp3) is 0.727.